The van der Waals surface area contributed by atoms with E-state index >= 15 is 0 Å². The van der Waals surface area contributed by atoms with Crippen LogP contribution in [0.5, 0.6) is 0 Å². The number of hydrogen-bond donors (Lipinski definition) is 1. The van der Waals surface area contributed by atoms with Crippen molar-refractivity contribution in [3.8, 4) is 0 Å². The van der Waals surface area contributed by atoms with Gasteiger partial charge in [0.25, 0.3) is 0 Å². The Morgan fingerprint density at radius 3 is 2.71 bits per heavy atom. The molecule has 0 saturated heterocycles. The van der Waals surface area contributed by atoms with E-state index in [0.717, 1.165) is 21.9 Å². The number of rotatable bonds is 2. The molecule has 0 unspecified atom stereocenters. The van der Waals surface area contributed by atoms with Gasteiger partial charge in [0.2, 0.25) is 0 Å². The van der Waals surface area contributed by atoms with Crippen LogP contribution in [0.15, 0.2) is 30.0 Å². The van der Waals surface area contributed by atoms with Crippen molar-refractivity contribution in [1.82, 2.24) is 4.98 Å². The molecule has 108 valence electrons. The van der Waals surface area contributed by atoms with Crippen molar-refractivity contribution in [3.63, 3.8) is 0 Å². The fourth-order valence-corrected chi connectivity index (χ4v) is 6.05. The molecule has 4 heteroatoms. The number of hydrogen-bond acceptors (Lipinski definition) is 3. The summed E-state index contributed by atoms with van der Waals surface area (Å²) in [6, 6.07) is 6.47. The Morgan fingerprint density at radius 1 is 1.29 bits per heavy atom. The van der Waals surface area contributed by atoms with Crippen molar-refractivity contribution < 1.29 is 9.90 Å². The van der Waals surface area contributed by atoms with Crippen molar-refractivity contribution in [1.29, 1.82) is 0 Å². The van der Waals surface area contributed by atoms with Crippen LogP contribution < -0.4 is 3.58 Å². The van der Waals surface area contributed by atoms with Gasteiger partial charge in [-0.2, -0.15) is 0 Å². The zero-order chi connectivity index (χ0) is 15.2. The van der Waals surface area contributed by atoms with Crippen LogP contribution in [0.3, 0.4) is 0 Å². The Morgan fingerprint density at radius 2 is 2.05 bits per heavy atom. The molecule has 0 aliphatic heterocycles. The van der Waals surface area contributed by atoms with Crippen LogP contribution in [-0.2, 0) is 0 Å². The molecule has 1 aromatic carbocycles. The minimum atomic E-state index is -2.17. The fourth-order valence-electron chi connectivity index (χ4n) is 2.74. The van der Waals surface area contributed by atoms with Crippen LogP contribution in [0.4, 0.5) is 0 Å². The number of aliphatic hydroxyl groups excluding tert-OH is 1. The predicted octanol–water partition coefficient (Wildman–Crippen LogP) is 2.74. The number of fused-ring (bicyclic) bond motifs is 3. The third-order valence-electron chi connectivity index (χ3n) is 4.00. The Kier molecular flexibility index (Phi) is 3.66. The van der Waals surface area contributed by atoms with Crippen molar-refractivity contribution in [2.45, 2.75) is 21.2 Å². The molecular formula is C17H19NO2Sn. The van der Waals surface area contributed by atoms with Gasteiger partial charge in [0.15, 0.2) is 0 Å². The second-order valence-corrected chi connectivity index (χ2v) is 21.1. The zero-order valence-electron chi connectivity index (χ0n) is 12.6. The molecule has 0 saturated carbocycles. The third-order valence-corrected chi connectivity index (χ3v) is 9.83. The molecule has 1 N–H and O–H groups in total. The standard InChI is InChI=1S/C14H10NO2.3CH3.Sn/c16-8-9-5-12-14(13(17)6-9)11-4-2-1-3-10(11)7-15-12;;;;/h1,3-5,7,16H,6,8H2;3*1H3;. The first-order valence-electron chi connectivity index (χ1n) is 7.17. The molecule has 3 nitrogen and oxygen atoms in total. The summed E-state index contributed by atoms with van der Waals surface area (Å²) in [5.41, 5.74) is 2.16. The van der Waals surface area contributed by atoms with Crippen molar-refractivity contribution in [2.24, 2.45) is 0 Å². The second-order valence-electron chi connectivity index (χ2n) is 6.63. The average Bonchev–Trinajstić information content (AvgIpc) is 2.44. The minimum absolute atomic E-state index is 0.0657. The van der Waals surface area contributed by atoms with E-state index in [1.54, 1.807) is 0 Å². The Bertz CT molecular complexity index is 772. The summed E-state index contributed by atoms with van der Waals surface area (Å²) in [7, 11) is 0. The van der Waals surface area contributed by atoms with Gasteiger partial charge in [-0.05, 0) is 0 Å². The molecule has 0 spiro atoms. The summed E-state index contributed by atoms with van der Waals surface area (Å²) in [4.78, 5) is 24.0. The van der Waals surface area contributed by atoms with Gasteiger partial charge >= 0.3 is 129 Å². The molecule has 1 aromatic heterocycles. The van der Waals surface area contributed by atoms with Crippen LogP contribution in [0, 0.1) is 0 Å². The van der Waals surface area contributed by atoms with Crippen LogP contribution in [-0.4, -0.2) is 40.9 Å². The number of aliphatic hydroxyl groups is 1. The van der Waals surface area contributed by atoms with E-state index in [0.29, 0.717) is 12.1 Å². The van der Waals surface area contributed by atoms with Gasteiger partial charge in [-0.1, -0.05) is 0 Å². The number of aromatic nitrogens is 1. The number of Topliss-reactive ketones (excluding diaryl/α,β-unsaturated/α-hetero) is 1. The second kappa shape index (κ2) is 5.21. The first kappa shape index (κ1) is 14.7. The van der Waals surface area contributed by atoms with E-state index in [1.165, 1.54) is 3.58 Å². The van der Waals surface area contributed by atoms with Gasteiger partial charge < -0.3 is 0 Å². The summed E-state index contributed by atoms with van der Waals surface area (Å²) in [6.07, 6.45) is 3.97. The number of benzene rings is 1. The molecule has 0 radical (unpaired) electrons. The molecule has 0 atom stereocenters. The van der Waals surface area contributed by atoms with E-state index < -0.39 is 18.4 Å². The topological polar surface area (TPSA) is 50.2 Å². The number of carbonyl (C=O) groups excluding carboxylic acids is 1. The molecular weight excluding hydrogens is 369 g/mol. The van der Waals surface area contributed by atoms with Crippen LogP contribution in [0.25, 0.3) is 16.8 Å². The van der Waals surface area contributed by atoms with Gasteiger partial charge in [-0.3, -0.25) is 0 Å². The predicted molar refractivity (Wildman–Crippen MR) is 88.7 cm³/mol. The first-order chi connectivity index (χ1) is 9.90. The maximum atomic E-state index is 12.5. The van der Waals surface area contributed by atoms with Gasteiger partial charge in [0.05, 0.1) is 0 Å². The fraction of sp³-hybridized carbons (Fsp3) is 0.294. The number of nitrogens with zero attached hydrogens (tertiary/aromatic N) is 1. The van der Waals surface area contributed by atoms with Gasteiger partial charge in [-0.15, -0.1) is 0 Å². The zero-order valence-corrected chi connectivity index (χ0v) is 15.5. The Balaban J connectivity index is 2.30. The SMILES string of the molecule is [CH3][Sn]([CH3])([CH3])[c]1ccc2cnc3c(c2c1)C(=O)CC(CO)=C3. The summed E-state index contributed by atoms with van der Waals surface area (Å²) in [6.45, 7) is -0.0800. The van der Waals surface area contributed by atoms with Crippen molar-refractivity contribution >= 4 is 44.6 Å². The number of ketones is 1. The summed E-state index contributed by atoms with van der Waals surface area (Å²) < 4.78 is 1.41. The molecule has 2 aromatic rings. The molecule has 1 aliphatic carbocycles. The van der Waals surface area contributed by atoms with E-state index in [1.807, 2.05) is 12.3 Å². The monoisotopic (exact) mass is 389 g/mol. The van der Waals surface area contributed by atoms with E-state index in [9.17, 15) is 9.90 Å². The van der Waals surface area contributed by atoms with Gasteiger partial charge in [-0.25, -0.2) is 0 Å². The quantitative estimate of drug-likeness (QED) is 0.806. The van der Waals surface area contributed by atoms with E-state index in [-0.39, 0.29) is 12.4 Å². The summed E-state index contributed by atoms with van der Waals surface area (Å²) in [5, 5.41) is 11.3. The number of pyridine rings is 1. The summed E-state index contributed by atoms with van der Waals surface area (Å²) in [5.74, 6) is 0.0657. The van der Waals surface area contributed by atoms with Gasteiger partial charge in [0.1, 0.15) is 0 Å². The number of carbonyl (C=O) groups is 1. The van der Waals surface area contributed by atoms with Crippen LogP contribution in [0.1, 0.15) is 22.5 Å². The molecule has 0 amide bonds. The van der Waals surface area contributed by atoms with Crippen LogP contribution in [0.2, 0.25) is 14.8 Å². The Labute approximate surface area is 128 Å². The van der Waals surface area contributed by atoms with Crippen molar-refractivity contribution in [2.75, 3.05) is 6.61 Å². The molecule has 0 bridgehead atoms. The summed E-state index contributed by atoms with van der Waals surface area (Å²) >= 11 is -2.17. The Hall–Kier alpha value is -1.20. The van der Waals surface area contributed by atoms with Crippen molar-refractivity contribution in [3.05, 3.63) is 41.2 Å². The van der Waals surface area contributed by atoms with E-state index in [4.69, 9.17) is 0 Å². The first-order valence-corrected chi connectivity index (χ1v) is 17.2. The maximum absolute atomic E-state index is 12.5. The molecule has 0 fully saturated rings. The van der Waals surface area contributed by atoms with Crippen LogP contribution >= 0.6 is 0 Å². The molecule has 1 aliphatic rings. The molecule has 1 heterocycles. The molecule has 21 heavy (non-hydrogen) atoms. The third kappa shape index (κ3) is 2.64. The normalized spacial score (nSPS) is 15.0. The van der Waals surface area contributed by atoms with Gasteiger partial charge in [0, 0.05) is 0 Å². The molecule has 3 rings (SSSR count). The average molecular weight is 388 g/mol. The van der Waals surface area contributed by atoms with E-state index in [2.05, 4.69) is 38.0 Å².